The molecule has 37 heavy (non-hydrogen) atoms. The summed E-state index contributed by atoms with van der Waals surface area (Å²) in [5, 5.41) is 0. The zero-order valence-corrected chi connectivity index (χ0v) is 19.5. The first-order chi connectivity index (χ1) is 17.3. The Bertz CT molecular complexity index is 1060. The highest BCUT2D eigenvalue weighted by atomic mass is 19.4. The van der Waals surface area contributed by atoms with Gasteiger partial charge in [0.15, 0.2) is 6.29 Å². The molecule has 0 aliphatic carbocycles. The van der Waals surface area contributed by atoms with E-state index in [9.17, 15) is 39.5 Å². The Kier molecular flexibility index (Phi) is 9.17. The predicted molar refractivity (Wildman–Crippen MR) is 115 cm³/mol. The highest BCUT2D eigenvalue weighted by Gasteiger charge is 2.42. The summed E-state index contributed by atoms with van der Waals surface area (Å²) in [6.45, 7) is 2.56. The highest BCUT2D eigenvalue weighted by Crippen LogP contribution is 2.38. The standard InChI is InChI=1S/C25H23F9O3/c1-2-3-4-5-14-12-35-23(36-13-14)15-8-20(28)22(21(29)9-15)25(33,34)37-16-10-18(26)17(19(27)11-16)6-7-24(30,31)32/h6-11,14,23H,2-5,12-13H2,1H3/b7-6+. The van der Waals surface area contributed by atoms with Crippen LogP contribution in [0.5, 0.6) is 5.75 Å². The summed E-state index contributed by atoms with van der Waals surface area (Å²) in [7, 11) is 0. The van der Waals surface area contributed by atoms with Gasteiger partial charge in [0.2, 0.25) is 0 Å². The van der Waals surface area contributed by atoms with Gasteiger partial charge in [-0.15, -0.1) is 0 Å². The largest absolute Gasteiger partial charge is 0.432 e. The molecular weight excluding hydrogens is 519 g/mol. The van der Waals surface area contributed by atoms with E-state index < -0.39 is 64.8 Å². The van der Waals surface area contributed by atoms with Gasteiger partial charge in [-0.05, 0) is 24.6 Å². The number of benzene rings is 2. The second kappa shape index (κ2) is 11.8. The smallest absolute Gasteiger partial charge is 0.429 e. The van der Waals surface area contributed by atoms with Crippen molar-refractivity contribution in [3.8, 4) is 5.75 Å². The second-order valence-corrected chi connectivity index (χ2v) is 8.51. The van der Waals surface area contributed by atoms with Gasteiger partial charge in [-0.1, -0.05) is 26.2 Å². The van der Waals surface area contributed by atoms with Crippen LogP contribution in [0.15, 0.2) is 30.3 Å². The summed E-state index contributed by atoms with van der Waals surface area (Å²) in [5.41, 5.74) is -3.21. The average Bonchev–Trinajstić information content (AvgIpc) is 2.77. The summed E-state index contributed by atoms with van der Waals surface area (Å²) in [6.07, 6.45) is -7.33. The summed E-state index contributed by atoms with van der Waals surface area (Å²) in [4.78, 5) is 0. The van der Waals surface area contributed by atoms with Crippen LogP contribution in [0, 0.1) is 29.2 Å². The number of hydrogen-bond donors (Lipinski definition) is 0. The van der Waals surface area contributed by atoms with E-state index in [4.69, 9.17) is 9.47 Å². The van der Waals surface area contributed by atoms with Crippen LogP contribution in [0.4, 0.5) is 39.5 Å². The zero-order chi connectivity index (χ0) is 27.4. The van der Waals surface area contributed by atoms with Crippen molar-refractivity contribution >= 4 is 6.08 Å². The first kappa shape index (κ1) is 28.8. The highest BCUT2D eigenvalue weighted by molar-refractivity contribution is 5.53. The lowest BCUT2D eigenvalue weighted by Crippen LogP contribution is -2.28. The molecule has 3 rings (SSSR count). The molecule has 1 aliphatic heterocycles. The number of halogens is 9. The third-order valence-corrected chi connectivity index (χ3v) is 5.55. The molecule has 0 N–H and O–H groups in total. The average molecular weight is 542 g/mol. The van der Waals surface area contributed by atoms with Crippen LogP contribution in [0.25, 0.3) is 6.08 Å². The van der Waals surface area contributed by atoms with Gasteiger partial charge >= 0.3 is 12.3 Å². The Hall–Kier alpha value is -2.73. The maximum Gasteiger partial charge on any atom is 0.432 e. The lowest BCUT2D eigenvalue weighted by atomic mass is 10.0. The van der Waals surface area contributed by atoms with E-state index in [-0.39, 0.29) is 42.9 Å². The first-order valence-corrected chi connectivity index (χ1v) is 11.3. The van der Waals surface area contributed by atoms with Crippen LogP contribution in [0.1, 0.15) is 55.6 Å². The molecule has 0 radical (unpaired) electrons. The Morgan fingerprint density at radius 3 is 1.95 bits per heavy atom. The van der Waals surface area contributed by atoms with Gasteiger partial charge in [-0.3, -0.25) is 0 Å². The molecule has 1 fully saturated rings. The Labute approximate surface area is 206 Å². The molecule has 0 amide bonds. The Morgan fingerprint density at radius 1 is 0.865 bits per heavy atom. The number of rotatable bonds is 9. The minimum Gasteiger partial charge on any atom is -0.429 e. The van der Waals surface area contributed by atoms with Crippen LogP contribution in [0.2, 0.25) is 0 Å². The van der Waals surface area contributed by atoms with Gasteiger partial charge in [-0.2, -0.15) is 22.0 Å². The minimum atomic E-state index is -4.88. The van der Waals surface area contributed by atoms with Crippen molar-refractivity contribution in [2.75, 3.05) is 13.2 Å². The molecule has 1 saturated heterocycles. The van der Waals surface area contributed by atoms with Crippen molar-refractivity contribution in [3.63, 3.8) is 0 Å². The SMILES string of the molecule is CCCCCC1COC(c2cc(F)c(C(F)(F)Oc3cc(F)c(/C=C/C(F)(F)F)c(F)c3)c(F)c2)OC1. The van der Waals surface area contributed by atoms with Crippen molar-refractivity contribution in [1.82, 2.24) is 0 Å². The number of ether oxygens (including phenoxy) is 3. The maximum atomic E-state index is 14.6. The van der Waals surface area contributed by atoms with Gasteiger partial charge in [0.1, 0.15) is 34.6 Å². The summed E-state index contributed by atoms with van der Waals surface area (Å²) in [5.74, 6) is -7.92. The van der Waals surface area contributed by atoms with Crippen LogP contribution in [0.3, 0.4) is 0 Å². The van der Waals surface area contributed by atoms with Crippen LogP contribution in [-0.4, -0.2) is 19.4 Å². The molecule has 0 unspecified atom stereocenters. The predicted octanol–water partition coefficient (Wildman–Crippen LogP) is 8.19. The fraction of sp³-hybridized carbons (Fsp3) is 0.440. The van der Waals surface area contributed by atoms with Gasteiger partial charge in [0.25, 0.3) is 0 Å². The fourth-order valence-corrected chi connectivity index (χ4v) is 3.75. The first-order valence-electron chi connectivity index (χ1n) is 11.3. The van der Waals surface area contributed by atoms with Gasteiger partial charge < -0.3 is 14.2 Å². The molecule has 2 aromatic rings. The number of alkyl halides is 5. The number of hydrogen-bond acceptors (Lipinski definition) is 3. The van der Waals surface area contributed by atoms with Crippen molar-refractivity contribution in [2.24, 2.45) is 5.92 Å². The van der Waals surface area contributed by atoms with E-state index in [0.717, 1.165) is 25.7 Å². The van der Waals surface area contributed by atoms with E-state index in [0.29, 0.717) is 12.1 Å². The molecule has 12 heteroatoms. The third-order valence-electron chi connectivity index (χ3n) is 5.55. The lowest BCUT2D eigenvalue weighted by Gasteiger charge is -2.30. The molecule has 0 saturated carbocycles. The van der Waals surface area contributed by atoms with Gasteiger partial charge in [-0.25, -0.2) is 17.6 Å². The molecule has 1 aliphatic rings. The van der Waals surface area contributed by atoms with Crippen LogP contribution >= 0.6 is 0 Å². The minimum absolute atomic E-state index is 0.0630. The number of allylic oxidation sites excluding steroid dienone is 1. The third kappa shape index (κ3) is 7.64. The second-order valence-electron chi connectivity index (χ2n) is 8.51. The van der Waals surface area contributed by atoms with Crippen LogP contribution in [-0.2, 0) is 15.6 Å². The molecule has 0 spiro atoms. The quantitative estimate of drug-likeness (QED) is 0.236. The number of unbranched alkanes of at least 4 members (excludes halogenated alkanes) is 2. The maximum absolute atomic E-state index is 14.6. The molecule has 1 heterocycles. The Balaban J connectivity index is 1.75. The normalized spacial score (nSPS) is 19.0. The molecule has 0 atom stereocenters. The summed E-state index contributed by atoms with van der Waals surface area (Å²) in [6, 6.07) is 1.48. The lowest BCUT2D eigenvalue weighted by molar-refractivity contribution is -0.206. The molecule has 0 aromatic heterocycles. The molecule has 3 nitrogen and oxygen atoms in total. The summed E-state index contributed by atoms with van der Waals surface area (Å²) >= 11 is 0. The molecule has 2 aromatic carbocycles. The van der Waals surface area contributed by atoms with Crippen molar-refractivity contribution in [2.45, 2.75) is 51.2 Å². The van der Waals surface area contributed by atoms with E-state index in [1.807, 2.05) is 0 Å². The summed E-state index contributed by atoms with van der Waals surface area (Å²) < 4.78 is 138. The van der Waals surface area contributed by atoms with Crippen molar-refractivity contribution in [1.29, 1.82) is 0 Å². The molecule has 0 bridgehead atoms. The molecule has 204 valence electrons. The van der Waals surface area contributed by atoms with Gasteiger partial charge in [0, 0.05) is 35.3 Å². The van der Waals surface area contributed by atoms with Gasteiger partial charge in [0.05, 0.1) is 13.2 Å². The Morgan fingerprint density at radius 2 is 1.43 bits per heavy atom. The fourth-order valence-electron chi connectivity index (χ4n) is 3.75. The van der Waals surface area contributed by atoms with Crippen molar-refractivity contribution in [3.05, 3.63) is 70.3 Å². The molecular formula is C25H23F9O3. The van der Waals surface area contributed by atoms with Crippen LogP contribution < -0.4 is 4.74 Å². The monoisotopic (exact) mass is 542 g/mol. The topological polar surface area (TPSA) is 27.7 Å². The van der Waals surface area contributed by atoms with E-state index >= 15 is 0 Å². The zero-order valence-electron chi connectivity index (χ0n) is 19.5. The van der Waals surface area contributed by atoms with E-state index in [1.54, 1.807) is 0 Å². The van der Waals surface area contributed by atoms with E-state index in [1.165, 1.54) is 0 Å². The van der Waals surface area contributed by atoms with E-state index in [2.05, 4.69) is 11.7 Å². The van der Waals surface area contributed by atoms with Crippen molar-refractivity contribution < 1.29 is 53.7 Å².